The van der Waals surface area contributed by atoms with Crippen molar-refractivity contribution >= 4 is 12.6 Å². The van der Waals surface area contributed by atoms with Crippen LogP contribution in [0, 0.1) is 0 Å². The summed E-state index contributed by atoms with van der Waals surface area (Å²) in [5.41, 5.74) is 9.54. The van der Waals surface area contributed by atoms with Gasteiger partial charge in [-0.3, -0.25) is 0 Å². The van der Waals surface area contributed by atoms with Gasteiger partial charge >= 0.3 is 7.12 Å². The van der Waals surface area contributed by atoms with E-state index >= 15 is 0 Å². The molecule has 0 aromatic heterocycles. The summed E-state index contributed by atoms with van der Waals surface area (Å²) in [6.07, 6.45) is 0.464. The van der Waals surface area contributed by atoms with Crippen LogP contribution in [0.5, 0.6) is 5.75 Å². The van der Waals surface area contributed by atoms with E-state index in [4.69, 9.17) is 20.3 Å². The molecule has 0 saturated heterocycles. The van der Waals surface area contributed by atoms with E-state index in [1.165, 1.54) is 0 Å². The molecule has 0 bridgehead atoms. The minimum absolute atomic E-state index is 0.156. The first-order valence-corrected chi connectivity index (χ1v) is 4.87. The summed E-state index contributed by atoms with van der Waals surface area (Å²) in [5, 5.41) is 21.5. The van der Waals surface area contributed by atoms with E-state index in [-0.39, 0.29) is 12.6 Å². The molecule has 1 aliphatic heterocycles. The average molecular weight is 219 g/mol. The van der Waals surface area contributed by atoms with Gasteiger partial charge < -0.3 is 14.8 Å². The summed E-state index contributed by atoms with van der Waals surface area (Å²) in [6, 6.07) is 4.98. The molecule has 1 atom stereocenters. The van der Waals surface area contributed by atoms with Crippen molar-refractivity contribution in [3.63, 3.8) is 0 Å². The Morgan fingerprint density at radius 1 is 1.56 bits per heavy atom. The predicted octanol–water partition coefficient (Wildman–Crippen LogP) is -0.0198. The highest BCUT2D eigenvalue weighted by Crippen LogP contribution is 2.27. The first-order valence-electron chi connectivity index (χ1n) is 4.87. The van der Waals surface area contributed by atoms with Crippen LogP contribution in [0.2, 0.25) is 0 Å². The largest absolute Gasteiger partial charge is 0.490 e. The highest BCUT2D eigenvalue weighted by molar-refractivity contribution is 6.58. The van der Waals surface area contributed by atoms with Crippen molar-refractivity contribution < 1.29 is 14.8 Å². The number of nitrogens with zero attached hydrogens (tertiary/aromatic N) is 3. The fourth-order valence-electron chi connectivity index (χ4n) is 1.73. The zero-order chi connectivity index (χ0) is 11.5. The van der Waals surface area contributed by atoms with E-state index in [0.717, 1.165) is 5.56 Å². The highest BCUT2D eigenvalue weighted by atomic mass is 16.5. The first kappa shape index (κ1) is 10.8. The molecule has 2 rings (SSSR count). The van der Waals surface area contributed by atoms with Crippen molar-refractivity contribution in [2.45, 2.75) is 12.5 Å². The third-order valence-corrected chi connectivity index (χ3v) is 2.47. The number of azide groups is 1. The lowest BCUT2D eigenvalue weighted by Crippen LogP contribution is -2.29. The Morgan fingerprint density at radius 2 is 2.38 bits per heavy atom. The van der Waals surface area contributed by atoms with Crippen LogP contribution in [0.1, 0.15) is 5.56 Å². The van der Waals surface area contributed by atoms with Gasteiger partial charge in [-0.25, -0.2) is 0 Å². The number of rotatable bonds is 3. The molecule has 16 heavy (non-hydrogen) atoms. The molecule has 1 aliphatic rings. The van der Waals surface area contributed by atoms with Crippen molar-refractivity contribution in [2.75, 3.05) is 6.54 Å². The molecule has 0 fully saturated rings. The van der Waals surface area contributed by atoms with Crippen LogP contribution in [-0.4, -0.2) is 29.8 Å². The third-order valence-electron chi connectivity index (χ3n) is 2.47. The zero-order valence-corrected chi connectivity index (χ0v) is 8.45. The van der Waals surface area contributed by atoms with Gasteiger partial charge in [0.05, 0.1) is 6.54 Å². The molecule has 0 spiro atoms. The first-order chi connectivity index (χ1) is 7.70. The van der Waals surface area contributed by atoms with Crippen LogP contribution in [0.15, 0.2) is 23.3 Å². The molecule has 0 amide bonds. The maximum absolute atomic E-state index is 9.01. The van der Waals surface area contributed by atoms with Gasteiger partial charge in [0.1, 0.15) is 11.9 Å². The molecule has 6 nitrogen and oxygen atoms in total. The topological polar surface area (TPSA) is 98.5 Å². The fraction of sp³-hybridized carbons (Fsp3) is 0.333. The highest BCUT2D eigenvalue weighted by Gasteiger charge is 2.24. The van der Waals surface area contributed by atoms with Crippen molar-refractivity contribution in [1.29, 1.82) is 0 Å². The molecule has 2 N–H and O–H groups in total. The Labute approximate surface area is 92.2 Å². The summed E-state index contributed by atoms with van der Waals surface area (Å²) >= 11 is 0. The molecular formula is C9H10BN3O3. The van der Waals surface area contributed by atoms with E-state index in [2.05, 4.69) is 10.0 Å². The normalized spacial score (nSPS) is 17.2. The Bertz CT molecular complexity index is 446. The second-order valence-corrected chi connectivity index (χ2v) is 3.60. The smallest absolute Gasteiger partial charge is 0.488 e. The Hall–Kier alpha value is -1.69. The van der Waals surface area contributed by atoms with Gasteiger partial charge in [0.15, 0.2) is 0 Å². The van der Waals surface area contributed by atoms with Crippen LogP contribution < -0.4 is 10.2 Å². The lowest BCUT2D eigenvalue weighted by Gasteiger charge is -2.05. The standard InChI is InChI=1S/C9H10BN3O3/c11-13-12-5-8-4-6-3-7(10(14)15)1-2-9(6)16-8/h1-3,8,14-15H,4-5H2. The van der Waals surface area contributed by atoms with Gasteiger partial charge in [-0.2, -0.15) is 0 Å². The number of hydrogen-bond donors (Lipinski definition) is 2. The summed E-state index contributed by atoms with van der Waals surface area (Å²) in [5.74, 6) is 0.711. The van der Waals surface area contributed by atoms with E-state index in [9.17, 15) is 0 Å². The molecule has 82 valence electrons. The zero-order valence-electron chi connectivity index (χ0n) is 8.45. The number of fused-ring (bicyclic) bond motifs is 1. The maximum atomic E-state index is 9.01. The van der Waals surface area contributed by atoms with Crippen molar-refractivity contribution in [2.24, 2.45) is 5.11 Å². The molecule has 0 saturated carbocycles. The minimum Gasteiger partial charge on any atom is -0.490 e. The van der Waals surface area contributed by atoms with Gasteiger partial charge in [0.25, 0.3) is 0 Å². The molecule has 0 aliphatic carbocycles. The van der Waals surface area contributed by atoms with E-state index in [1.807, 2.05) is 0 Å². The molecule has 1 aromatic rings. The van der Waals surface area contributed by atoms with Gasteiger partial charge in [0.2, 0.25) is 0 Å². The van der Waals surface area contributed by atoms with Crippen molar-refractivity contribution in [1.82, 2.24) is 0 Å². The van der Waals surface area contributed by atoms with Crippen LogP contribution in [-0.2, 0) is 6.42 Å². The second-order valence-electron chi connectivity index (χ2n) is 3.60. The third kappa shape index (κ3) is 2.11. The molecule has 1 unspecified atom stereocenters. The van der Waals surface area contributed by atoms with Crippen LogP contribution in [0.25, 0.3) is 10.4 Å². The SMILES string of the molecule is [N-]=[N+]=NCC1Cc2cc(B(O)O)ccc2O1. The molecule has 7 heteroatoms. The van der Waals surface area contributed by atoms with Crippen molar-refractivity contribution in [3.8, 4) is 5.75 Å². The van der Waals surface area contributed by atoms with Crippen LogP contribution in [0.3, 0.4) is 0 Å². The van der Waals surface area contributed by atoms with E-state index < -0.39 is 7.12 Å². The van der Waals surface area contributed by atoms with Gasteiger partial charge in [-0.05, 0) is 22.6 Å². The summed E-state index contributed by atoms with van der Waals surface area (Å²) in [6.45, 7) is 0.280. The lowest BCUT2D eigenvalue weighted by atomic mass is 9.79. The number of ether oxygens (including phenoxy) is 1. The Morgan fingerprint density at radius 3 is 3.06 bits per heavy atom. The van der Waals surface area contributed by atoms with Gasteiger partial charge in [-0.15, -0.1) is 0 Å². The number of benzene rings is 1. The molecule has 1 heterocycles. The Balaban J connectivity index is 2.15. The summed E-state index contributed by atoms with van der Waals surface area (Å²) < 4.78 is 5.52. The van der Waals surface area contributed by atoms with E-state index in [0.29, 0.717) is 17.6 Å². The molecule has 0 radical (unpaired) electrons. The maximum Gasteiger partial charge on any atom is 0.488 e. The monoisotopic (exact) mass is 219 g/mol. The van der Waals surface area contributed by atoms with Crippen molar-refractivity contribution in [3.05, 3.63) is 34.2 Å². The van der Waals surface area contributed by atoms with Crippen LogP contribution >= 0.6 is 0 Å². The quantitative estimate of drug-likeness (QED) is 0.323. The predicted molar refractivity (Wildman–Crippen MR) is 58.4 cm³/mol. The Kier molecular flexibility index (Phi) is 3.01. The molecular weight excluding hydrogens is 209 g/mol. The van der Waals surface area contributed by atoms with E-state index in [1.54, 1.807) is 18.2 Å². The van der Waals surface area contributed by atoms with Crippen LogP contribution in [0.4, 0.5) is 0 Å². The van der Waals surface area contributed by atoms with Gasteiger partial charge in [-0.1, -0.05) is 17.2 Å². The van der Waals surface area contributed by atoms with Gasteiger partial charge in [0, 0.05) is 11.3 Å². The average Bonchev–Trinajstić information content (AvgIpc) is 2.67. The molecule has 1 aromatic carbocycles. The number of hydrogen-bond acceptors (Lipinski definition) is 4. The summed E-state index contributed by atoms with van der Waals surface area (Å²) in [7, 11) is -1.47. The second kappa shape index (κ2) is 4.44. The lowest BCUT2D eigenvalue weighted by molar-refractivity contribution is 0.241. The summed E-state index contributed by atoms with van der Waals surface area (Å²) in [4.78, 5) is 2.67. The fourth-order valence-corrected chi connectivity index (χ4v) is 1.73. The minimum atomic E-state index is -1.47.